The number of nitrogens with one attached hydrogen (secondary N) is 1. The summed E-state index contributed by atoms with van der Waals surface area (Å²) in [6.45, 7) is 1.06. The number of H-pyrrole nitrogens is 1. The molecular weight excluding hydrogens is 434 g/mol. The molecule has 1 atom stereocenters. The number of benzene rings is 2. The van der Waals surface area contributed by atoms with Gasteiger partial charge in [-0.2, -0.15) is 0 Å². The lowest BCUT2D eigenvalue weighted by Gasteiger charge is -2.36. The van der Waals surface area contributed by atoms with Crippen molar-refractivity contribution in [3.05, 3.63) is 74.3 Å². The lowest BCUT2D eigenvalue weighted by atomic mass is 9.86. The number of amides is 1. The van der Waals surface area contributed by atoms with E-state index in [-0.39, 0.29) is 23.6 Å². The van der Waals surface area contributed by atoms with Crippen LogP contribution in [-0.4, -0.2) is 40.1 Å². The summed E-state index contributed by atoms with van der Waals surface area (Å²) >= 11 is 5.45. The maximum absolute atomic E-state index is 13.8. The van der Waals surface area contributed by atoms with Gasteiger partial charge < -0.3 is 14.6 Å². The molecular formula is C26H29N3O3S. The first-order valence-corrected chi connectivity index (χ1v) is 12.2. The van der Waals surface area contributed by atoms with E-state index in [0.717, 1.165) is 32.1 Å². The van der Waals surface area contributed by atoms with Crippen LogP contribution in [0.3, 0.4) is 0 Å². The number of methoxy groups -OCH3 is 1. The van der Waals surface area contributed by atoms with Crippen molar-refractivity contribution in [2.75, 3.05) is 13.7 Å². The van der Waals surface area contributed by atoms with Crippen LogP contribution in [0.1, 0.15) is 59.6 Å². The molecule has 172 valence electrons. The van der Waals surface area contributed by atoms with Crippen LogP contribution in [0.2, 0.25) is 0 Å². The number of carbonyl (C=O) groups excluding carboxylic acids is 1. The van der Waals surface area contributed by atoms with Crippen LogP contribution in [0.4, 0.5) is 0 Å². The van der Waals surface area contributed by atoms with Crippen molar-refractivity contribution in [2.24, 2.45) is 0 Å². The second-order valence-corrected chi connectivity index (χ2v) is 9.43. The highest BCUT2D eigenvalue weighted by Gasteiger charge is 2.39. The van der Waals surface area contributed by atoms with E-state index in [4.69, 9.17) is 17.0 Å². The summed E-state index contributed by atoms with van der Waals surface area (Å²) in [7, 11) is 1.64. The van der Waals surface area contributed by atoms with E-state index in [1.165, 1.54) is 11.1 Å². The summed E-state index contributed by atoms with van der Waals surface area (Å²) in [6.07, 6.45) is 5.95. The van der Waals surface area contributed by atoms with Crippen LogP contribution < -0.4 is 5.56 Å². The molecule has 33 heavy (non-hydrogen) atoms. The van der Waals surface area contributed by atoms with E-state index in [1.54, 1.807) is 29.9 Å². The van der Waals surface area contributed by atoms with Crippen molar-refractivity contribution in [3.63, 3.8) is 0 Å². The van der Waals surface area contributed by atoms with Crippen molar-refractivity contribution in [1.29, 1.82) is 0 Å². The Morgan fingerprint density at radius 2 is 2.03 bits per heavy atom. The second-order valence-electron chi connectivity index (χ2n) is 9.04. The van der Waals surface area contributed by atoms with Gasteiger partial charge in [0, 0.05) is 31.9 Å². The minimum absolute atomic E-state index is 0.0321. The molecule has 1 aromatic heterocycles. The van der Waals surface area contributed by atoms with Crippen molar-refractivity contribution >= 4 is 29.0 Å². The molecule has 0 radical (unpaired) electrons. The monoisotopic (exact) mass is 463 g/mol. The third kappa shape index (κ3) is 4.27. The zero-order valence-electron chi connectivity index (χ0n) is 18.9. The summed E-state index contributed by atoms with van der Waals surface area (Å²) < 4.78 is 7.02. The molecule has 7 heteroatoms. The zero-order chi connectivity index (χ0) is 22.9. The van der Waals surface area contributed by atoms with Gasteiger partial charge in [-0.3, -0.25) is 14.2 Å². The Hall–Kier alpha value is -2.77. The molecule has 2 aromatic carbocycles. The summed E-state index contributed by atoms with van der Waals surface area (Å²) in [5, 5.41) is 0.540. The van der Waals surface area contributed by atoms with Gasteiger partial charge >= 0.3 is 0 Å². The number of aromatic nitrogens is 2. The quantitative estimate of drug-likeness (QED) is 0.405. The lowest BCUT2D eigenvalue weighted by molar-refractivity contribution is 0.0638. The number of nitrogens with zero attached hydrogens (tertiary/aromatic N) is 2. The first-order valence-electron chi connectivity index (χ1n) is 11.7. The fraction of sp³-hybridized carbons (Fsp3) is 0.423. The van der Waals surface area contributed by atoms with Crippen LogP contribution in [-0.2, 0) is 17.7 Å². The molecule has 2 aliphatic carbocycles. The normalized spacial score (nSPS) is 17.7. The fourth-order valence-electron chi connectivity index (χ4n) is 5.04. The molecule has 1 fully saturated rings. The van der Waals surface area contributed by atoms with Crippen LogP contribution in [0, 0.1) is 4.77 Å². The average Bonchev–Trinajstić information content (AvgIpc) is 3.66. The van der Waals surface area contributed by atoms with Gasteiger partial charge in [-0.05, 0) is 80.1 Å². The number of aryl methyl sites for hydroxylation is 1. The average molecular weight is 464 g/mol. The van der Waals surface area contributed by atoms with E-state index in [1.807, 2.05) is 0 Å². The van der Waals surface area contributed by atoms with E-state index in [2.05, 4.69) is 34.1 Å². The standard InChI is InChI=1S/C26H29N3O3S/c1-32-15-5-14-28-25(31)21-13-10-18(16-22(21)27-26(28)33)24(30)29(19-11-12-19)23-9-4-7-17-6-2-3-8-20(17)23/h2-3,6,8,10,13,16,19,23H,4-5,7,9,11-12,14-15H2,1H3,(H,27,33). The number of fused-ring (bicyclic) bond motifs is 2. The van der Waals surface area contributed by atoms with Gasteiger partial charge in [0.25, 0.3) is 11.5 Å². The highest BCUT2D eigenvalue weighted by molar-refractivity contribution is 7.71. The maximum Gasteiger partial charge on any atom is 0.262 e. The molecule has 1 N–H and O–H groups in total. The van der Waals surface area contributed by atoms with Crippen molar-refractivity contribution in [2.45, 2.75) is 57.2 Å². The molecule has 0 spiro atoms. The SMILES string of the molecule is COCCCn1c(=S)[nH]c2cc(C(=O)N(C3CC3)C3CCCc4ccccc43)ccc2c1=O. The molecule has 1 amide bonds. The Morgan fingerprint density at radius 3 is 2.82 bits per heavy atom. The molecule has 1 saturated carbocycles. The second kappa shape index (κ2) is 9.23. The van der Waals surface area contributed by atoms with Gasteiger partial charge in [0.05, 0.1) is 16.9 Å². The highest BCUT2D eigenvalue weighted by atomic mass is 32.1. The van der Waals surface area contributed by atoms with Gasteiger partial charge in [0.1, 0.15) is 0 Å². The van der Waals surface area contributed by atoms with Gasteiger partial charge in [-0.25, -0.2) is 0 Å². The molecule has 1 heterocycles. The summed E-state index contributed by atoms with van der Waals surface area (Å²) in [5.74, 6) is 0.0321. The summed E-state index contributed by atoms with van der Waals surface area (Å²) in [5.41, 5.74) is 3.70. The van der Waals surface area contributed by atoms with E-state index in [0.29, 0.717) is 40.8 Å². The number of hydrogen-bond donors (Lipinski definition) is 1. The third-order valence-corrected chi connectivity index (χ3v) is 7.13. The topological polar surface area (TPSA) is 67.3 Å². The molecule has 5 rings (SSSR count). The maximum atomic E-state index is 13.8. The number of rotatable bonds is 7. The summed E-state index contributed by atoms with van der Waals surface area (Å²) in [6, 6.07) is 14.2. The Balaban J connectivity index is 1.49. The van der Waals surface area contributed by atoms with Crippen LogP contribution in [0.5, 0.6) is 0 Å². The first kappa shape index (κ1) is 22.0. The molecule has 1 unspecified atom stereocenters. The number of ether oxygens (including phenoxy) is 1. The minimum atomic E-state index is -0.135. The Morgan fingerprint density at radius 1 is 1.21 bits per heavy atom. The molecule has 0 saturated heterocycles. The van der Waals surface area contributed by atoms with Gasteiger partial charge in [0.15, 0.2) is 4.77 Å². The third-order valence-electron chi connectivity index (χ3n) is 6.81. The minimum Gasteiger partial charge on any atom is -0.385 e. The molecule has 2 aliphatic rings. The van der Waals surface area contributed by atoms with Gasteiger partial charge in [-0.15, -0.1) is 0 Å². The number of hydrogen-bond acceptors (Lipinski definition) is 4. The van der Waals surface area contributed by atoms with Crippen molar-refractivity contribution in [1.82, 2.24) is 14.5 Å². The van der Waals surface area contributed by atoms with E-state index < -0.39 is 0 Å². The molecule has 0 bridgehead atoms. The van der Waals surface area contributed by atoms with Gasteiger partial charge in [0.2, 0.25) is 0 Å². The Bertz CT molecular complexity index is 1310. The predicted octanol–water partition coefficient (Wildman–Crippen LogP) is 4.78. The predicted molar refractivity (Wildman–Crippen MR) is 131 cm³/mol. The zero-order valence-corrected chi connectivity index (χ0v) is 19.7. The van der Waals surface area contributed by atoms with Crippen LogP contribution in [0.25, 0.3) is 10.9 Å². The van der Waals surface area contributed by atoms with Crippen molar-refractivity contribution < 1.29 is 9.53 Å². The van der Waals surface area contributed by atoms with Crippen LogP contribution >= 0.6 is 12.2 Å². The van der Waals surface area contributed by atoms with E-state index >= 15 is 0 Å². The van der Waals surface area contributed by atoms with Crippen molar-refractivity contribution in [3.8, 4) is 0 Å². The largest absolute Gasteiger partial charge is 0.385 e. The fourth-order valence-corrected chi connectivity index (χ4v) is 5.32. The Kier molecular flexibility index (Phi) is 6.17. The van der Waals surface area contributed by atoms with E-state index in [9.17, 15) is 9.59 Å². The molecule has 0 aliphatic heterocycles. The lowest BCUT2D eigenvalue weighted by Crippen LogP contribution is -2.38. The molecule has 3 aromatic rings. The first-order chi connectivity index (χ1) is 16.1. The van der Waals surface area contributed by atoms with Gasteiger partial charge in [-0.1, -0.05) is 24.3 Å². The number of carbonyl (C=O) groups is 1. The summed E-state index contributed by atoms with van der Waals surface area (Å²) in [4.78, 5) is 32.0. The smallest absolute Gasteiger partial charge is 0.262 e. The van der Waals surface area contributed by atoms with Crippen LogP contribution in [0.15, 0.2) is 47.3 Å². The highest BCUT2D eigenvalue weighted by Crippen LogP contribution is 2.41. The Labute approximate surface area is 198 Å². The number of aromatic amines is 1. The molecule has 6 nitrogen and oxygen atoms in total.